The van der Waals surface area contributed by atoms with E-state index in [9.17, 15) is 13.2 Å². The Morgan fingerprint density at radius 2 is 2.17 bits per heavy atom. The van der Waals surface area contributed by atoms with Gasteiger partial charge in [-0.05, 0) is 6.92 Å². The molecular formula is C11H22N2O4S. The summed E-state index contributed by atoms with van der Waals surface area (Å²) >= 11 is 0. The SMILES string of the molecule is CCOC(=O)C1CNCCN1CCS(=O)(=O)CC. The molecule has 0 bridgehead atoms. The van der Waals surface area contributed by atoms with Gasteiger partial charge in [-0.3, -0.25) is 9.69 Å². The maximum atomic E-state index is 11.7. The van der Waals surface area contributed by atoms with E-state index in [-0.39, 0.29) is 23.5 Å². The number of hydrogen-bond acceptors (Lipinski definition) is 6. The monoisotopic (exact) mass is 278 g/mol. The van der Waals surface area contributed by atoms with Crippen molar-refractivity contribution < 1.29 is 17.9 Å². The van der Waals surface area contributed by atoms with Crippen LogP contribution < -0.4 is 5.32 Å². The zero-order valence-corrected chi connectivity index (χ0v) is 11.8. The normalized spacial score (nSPS) is 21.8. The Morgan fingerprint density at radius 1 is 1.44 bits per heavy atom. The molecule has 1 fully saturated rings. The quantitative estimate of drug-likeness (QED) is 0.645. The molecular weight excluding hydrogens is 256 g/mol. The average molecular weight is 278 g/mol. The average Bonchev–Trinajstić information content (AvgIpc) is 2.37. The van der Waals surface area contributed by atoms with Crippen LogP contribution in [0.3, 0.4) is 0 Å². The molecule has 1 unspecified atom stereocenters. The summed E-state index contributed by atoms with van der Waals surface area (Å²) in [7, 11) is -2.99. The first-order chi connectivity index (χ1) is 8.50. The summed E-state index contributed by atoms with van der Waals surface area (Å²) in [5, 5.41) is 3.12. The van der Waals surface area contributed by atoms with Crippen molar-refractivity contribution in [2.45, 2.75) is 19.9 Å². The van der Waals surface area contributed by atoms with Crippen LogP contribution in [0.2, 0.25) is 0 Å². The Labute approximate surface area is 109 Å². The van der Waals surface area contributed by atoms with E-state index in [1.807, 2.05) is 4.90 Å². The highest BCUT2D eigenvalue weighted by Crippen LogP contribution is 2.06. The standard InChI is InChI=1S/C11H22N2O4S/c1-3-17-11(14)10-9-12-5-6-13(10)7-8-18(15,16)4-2/h10,12H,3-9H2,1-2H3. The van der Waals surface area contributed by atoms with Gasteiger partial charge in [0.2, 0.25) is 0 Å². The van der Waals surface area contributed by atoms with Gasteiger partial charge in [0.25, 0.3) is 0 Å². The summed E-state index contributed by atoms with van der Waals surface area (Å²) in [6, 6.07) is -0.370. The Hall–Kier alpha value is -0.660. The van der Waals surface area contributed by atoms with Gasteiger partial charge in [-0.1, -0.05) is 6.92 Å². The maximum Gasteiger partial charge on any atom is 0.324 e. The molecule has 1 atom stereocenters. The summed E-state index contributed by atoms with van der Waals surface area (Å²) in [5.74, 6) is -0.0404. The minimum absolute atomic E-state index is 0.0966. The zero-order valence-electron chi connectivity index (χ0n) is 11.0. The third kappa shape index (κ3) is 4.55. The fourth-order valence-corrected chi connectivity index (χ4v) is 2.69. The molecule has 0 radical (unpaired) electrons. The number of ether oxygens (including phenoxy) is 1. The molecule has 7 heteroatoms. The van der Waals surface area contributed by atoms with Crippen LogP contribution >= 0.6 is 0 Å². The van der Waals surface area contributed by atoms with E-state index in [0.29, 0.717) is 26.2 Å². The number of nitrogens with one attached hydrogen (secondary N) is 1. The number of sulfone groups is 1. The largest absolute Gasteiger partial charge is 0.465 e. The first-order valence-corrected chi connectivity index (χ1v) is 8.14. The predicted molar refractivity (Wildman–Crippen MR) is 69.2 cm³/mol. The van der Waals surface area contributed by atoms with E-state index in [0.717, 1.165) is 6.54 Å². The number of esters is 1. The van der Waals surface area contributed by atoms with Gasteiger partial charge >= 0.3 is 5.97 Å². The van der Waals surface area contributed by atoms with Gasteiger partial charge in [-0.2, -0.15) is 0 Å². The van der Waals surface area contributed by atoms with Crippen molar-refractivity contribution in [3.05, 3.63) is 0 Å². The molecule has 106 valence electrons. The van der Waals surface area contributed by atoms with Gasteiger partial charge in [-0.15, -0.1) is 0 Å². The van der Waals surface area contributed by atoms with Gasteiger partial charge in [0, 0.05) is 31.9 Å². The predicted octanol–water partition coefficient (Wildman–Crippen LogP) is -0.742. The van der Waals surface area contributed by atoms with Gasteiger partial charge in [0.1, 0.15) is 6.04 Å². The third-order valence-corrected chi connectivity index (χ3v) is 4.73. The van der Waals surface area contributed by atoms with Crippen molar-refractivity contribution in [3.63, 3.8) is 0 Å². The Kier molecular flexibility index (Phi) is 6.04. The molecule has 18 heavy (non-hydrogen) atoms. The molecule has 6 nitrogen and oxygen atoms in total. The number of carbonyl (C=O) groups excluding carboxylic acids is 1. The molecule has 0 aliphatic carbocycles. The van der Waals surface area contributed by atoms with E-state index in [2.05, 4.69) is 5.32 Å². The van der Waals surface area contributed by atoms with Crippen molar-refractivity contribution >= 4 is 15.8 Å². The summed E-state index contributed by atoms with van der Waals surface area (Å²) in [6.07, 6.45) is 0. The molecule has 0 aromatic carbocycles. The van der Waals surface area contributed by atoms with Crippen LogP contribution in [0.25, 0.3) is 0 Å². The molecule has 0 amide bonds. The molecule has 1 saturated heterocycles. The van der Waals surface area contributed by atoms with Crippen LogP contribution in [0.5, 0.6) is 0 Å². The molecule has 0 aromatic rings. The summed E-state index contributed by atoms with van der Waals surface area (Å²) in [4.78, 5) is 13.6. The Morgan fingerprint density at radius 3 is 2.78 bits per heavy atom. The minimum Gasteiger partial charge on any atom is -0.465 e. The van der Waals surface area contributed by atoms with E-state index >= 15 is 0 Å². The topological polar surface area (TPSA) is 75.7 Å². The lowest BCUT2D eigenvalue weighted by Gasteiger charge is -2.34. The van der Waals surface area contributed by atoms with Crippen molar-refractivity contribution in [3.8, 4) is 0 Å². The van der Waals surface area contributed by atoms with Crippen molar-refractivity contribution in [2.24, 2.45) is 0 Å². The van der Waals surface area contributed by atoms with E-state index in [1.165, 1.54) is 0 Å². The highest BCUT2D eigenvalue weighted by molar-refractivity contribution is 7.91. The molecule has 1 heterocycles. The van der Waals surface area contributed by atoms with E-state index in [1.54, 1.807) is 13.8 Å². The summed E-state index contributed by atoms with van der Waals surface area (Å²) in [6.45, 7) is 6.09. The molecule has 1 N–H and O–H groups in total. The number of rotatable bonds is 6. The Bertz CT molecular complexity index is 369. The molecule has 1 aliphatic heterocycles. The first-order valence-electron chi connectivity index (χ1n) is 6.32. The number of nitrogens with zero attached hydrogens (tertiary/aromatic N) is 1. The van der Waals surface area contributed by atoms with Crippen LogP contribution in [-0.4, -0.2) is 69.6 Å². The first kappa shape index (κ1) is 15.4. The van der Waals surface area contributed by atoms with Crippen LogP contribution in [0.15, 0.2) is 0 Å². The van der Waals surface area contributed by atoms with Crippen molar-refractivity contribution in [1.82, 2.24) is 10.2 Å². The van der Waals surface area contributed by atoms with Crippen molar-refractivity contribution in [1.29, 1.82) is 0 Å². The highest BCUT2D eigenvalue weighted by atomic mass is 32.2. The second kappa shape index (κ2) is 7.06. The van der Waals surface area contributed by atoms with Gasteiger partial charge < -0.3 is 10.1 Å². The van der Waals surface area contributed by atoms with Crippen molar-refractivity contribution in [2.75, 3.05) is 44.3 Å². The maximum absolute atomic E-state index is 11.7. The molecule has 0 aromatic heterocycles. The molecule has 1 aliphatic rings. The summed E-state index contributed by atoms with van der Waals surface area (Å²) < 4.78 is 28.0. The number of hydrogen-bond donors (Lipinski definition) is 1. The van der Waals surface area contributed by atoms with Crippen LogP contribution in [0.4, 0.5) is 0 Å². The Balaban J connectivity index is 2.57. The lowest BCUT2D eigenvalue weighted by molar-refractivity contribution is -0.150. The lowest BCUT2D eigenvalue weighted by Crippen LogP contribution is -2.56. The fraction of sp³-hybridized carbons (Fsp3) is 0.909. The molecule has 0 spiro atoms. The smallest absolute Gasteiger partial charge is 0.324 e. The van der Waals surface area contributed by atoms with Crippen LogP contribution in [0, 0.1) is 0 Å². The van der Waals surface area contributed by atoms with Crippen LogP contribution in [-0.2, 0) is 19.4 Å². The van der Waals surface area contributed by atoms with E-state index < -0.39 is 9.84 Å². The second-order valence-electron chi connectivity index (χ2n) is 4.24. The molecule has 1 rings (SSSR count). The third-order valence-electron chi connectivity index (χ3n) is 3.04. The van der Waals surface area contributed by atoms with E-state index in [4.69, 9.17) is 4.74 Å². The highest BCUT2D eigenvalue weighted by Gasteiger charge is 2.30. The van der Waals surface area contributed by atoms with Gasteiger partial charge in [0.15, 0.2) is 9.84 Å². The minimum atomic E-state index is -2.99. The second-order valence-corrected chi connectivity index (χ2v) is 6.72. The number of carbonyl (C=O) groups is 1. The summed E-state index contributed by atoms with van der Waals surface area (Å²) in [5.41, 5.74) is 0. The van der Waals surface area contributed by atoms with Gasteiger partial charge in [0.05, 0.1) is 12.4 Å². The molecule has 0 saturated carbocycles. The number of piperazine rings is 1. The van der Waals surface area contributed by atoms with Gasteiger partial charge in [-0.25, -0.2) is 8.42 Å². The zero-order chi connectivity index (χ0) is 13.6. The lowest BCUT2D eigenvalue weighted by atomic mass is 10.2. The van der Waals surface area contributed by atoms with Crippen LogP contribution in [0.1, 0.15) is 13.8 Å². The fourth-order valence-electron chi connectivity index (χ4n) is 1.89.